The van der Waals surface area contributed by atoms with Crippen molar-refractivity contribution in [3.8, 4) is 34.0 Å². The molecule has 0 aliphatic rings. The molecule has 8 aromatic rings. The number of amides is 5. The third-order valence-electron chi connectivity index (χ3n) is 14.7. The number of benzene rings is 6. The summed E-state index contributed by atoms with van der Waals surface area (Å²) < 4.78 is 6.02. The highest BCUT2D eigenvalue weighted by molar-refractivity contribution is 5.96. The fourth-order valence-corrected chi connectivity index (χ4v) is 10.3. The van der Waals surface area contributed by atoms with E-state index in [9.17, 15) is 24.6 Å². The lowest BCUT2D eigenvalue weighted by Crippen LogP contribution is -2.59. The van der Waals surface area contributed by atoms with Crippen molar-refractivity contribution in [2.24, 2.45) is 11.5 Å². The Hall–Kier alpha value is -9.55. The van der Waals surface area contributed by atoms with Gasteiger partial charge in [0.1, 0.15) is 34.8 Å². The third kappa shape index (κ3) is 14.5. The van der Waals surface area contributed by atoms with Crippen LogP contribution in [0.5, 0.6) is 11.5 Å². The molecule has 0 radical (unpaired) electrons. The molecule has 4 unspecified atom stereocenters. The van der Waals surface area contributed by atoms with E-state index >= 15 is 9.59 Å². The molecule has 8 rings (SSSR count). The van der Waals surface area contributed by atoms with Gasteiger partial charge in [0.2, 0.25) is 17.7 Å². The number of nitrogens with two attached hydrogens (primary N) is 2. The van der Waals surface area contributed by atoms with Gasteiger partial charge in [-0.1, -0.05) is 84.9 Å². The number of nitrogens with one attached hydrogen (secondary N) is 3. The number of aromatic hydroxyl groups is 2. The number of aryl methyl sites for hydroxylation is 4. The third-order valence-corrected chi connectivity index (χ3v) is 14.7. The Morgan fingerprint density at radius 1 is 0.602 bits per heavy atom. The molecule has 0 fully saturated rings. The number of hydrogen-bond acceptors (Lipinski definition) is 11. The summed E-state index contributed by atoms with van der Waals surface area (Å²) in [7, 11) is 0. The predicted octanol–water partition coefficient (Wildman–Crippen LogP) is 10.2. The number of hydrazine groups is 1. The second-order valence-corrected chi connectivity index (χ2v) is 22.1. The Morgan fingerprint density at radius 3 is 1.49 bits per heavy atom. The lowest BCUT2D eigenvalue weighted by Gasteiger charge is -2.38. The first kappa shape index (κ1) is 59.6. The highest BCUT2D eigenvalue weighted by Crippen LogP contribution is 2.31. The van der Waals surface area contributed by atoms with Gasteiger partial charge in [0.25, 0.3) is 5.91 Å². The molecular formula is C65H72N10O8. The van der Waals surface area contributed by atoms with Crippen LogP contribution in [-0.4, -0.2) is 92.4 Å². The number of phenolic OH excluding ortho intramolecular Hbond substituents is 2. The molecule has 0 bridgehead atoms. The van der Waals surface area contributed by atoms with Crippen molar-refractivity contribution in [1.82, 2.24) is 40.2 Å². The van der Waals surface area contributed by atoms with Crippen LogP contribution >= 0.6 is 0 Å². The van der Waals surface area contributed by atoms with E-state index < -0.39 is 59.5 Å². The van der Waals surface area contributed by atoms with Gasteiger partial charge in [-0.2, -0.15) is 0 Å². The van der Waals surface area contributed by atoms with Crippen LogP contribution in [0.2, 0.25) is 0 Å². The van der Waals surface area contributed by atoms with E-state index in [4.69, 9.17) is 26.2 Å². The van der Waals surface area contributed by atoms with Crippen LogP contribution in [0.4, 0.5) is 4.79 Å². The smallest absolute Gasteiger partial charge is 0.429 e. The Kier molecular flexibility index (Phi) is 18.3. The molecule has 6 aromatic carbocycles. The van der Waals surface area contributed by atoms with Gasteiger partial charge in [-0.3, -0.25) is 24.6 Å². The van der Waals surface area contributed by atoms with Crippen LogP contribution in [-0.2, 0) is 40.3 Å². The molecular weight excluding hydrogens is 1050 g/mol. The summed E-state index contributed by atoms with van der Waals surface area (Å²) in [5, 5.41) is 21.9. The summed E-state index contributed by atoms with van der Waals surface area (Å²) in [6.07, 6.45) is 2.32. The van der Waals surface area contributed by atoms with Crippen molar-refractivity contribution in [1.29, 1.82) is 0 Å². The number of carbonyl (C=O) groups excluding carboxylic acids is 5. The van der Waals surface area contributed by atoms with Crippen molar-refractivity contribution < 1.29 is 38.9 Å². The number of ether oxygens (including phenoxy) is 1. The first-order chi connectivity index (χ1) is 39.4. The van der Waals surface area contributed by atoms with E-state index in [1.165, 1.54) is 4.90 Å². The van der Waals surface area contributed by atoms with Crippen LogP contribution in [0.15, 0.2) is 146 Å². The minimum Gasteiger partial charge on any atom is -0.508 e. The summed E-state index contributed by atoms with van der Waals surface area (Å²) >= 11 is 0. The molecule has 18 nitrogen and oxygen atoms in total. The number of aromatic amines is 2. The molecule has 2 aromatic heterocycles. The lowest BCUT2D eigenvalue weighted by atomic mass is 9.94. The maximum atomic E-state index is 16.1. The highest BCUT2D eigenvalue weighted by atomic mass is 16.6. The number of nitrogens with zero attached hydrogens (tertiary/aromatic N) is 5. The maximum Gasteiger partial charge on any atom is 0.429 e. The average Bonchev–Trinajstić information content (AvgIpc) is 4.35. The van der Waals surface area contributed by atoms with Gasteiger partial charge in [0.15, 0.2) is 0 Å². The Bertz CT molecular complexity index is 3600. The first-order valence-corrected chi connectivity index (χ1v) is 27.4. The summed E-state index contributed by atoms with van der Waals surface area (Å²) in [6, 6.07) is 34.6. The van der Waals surface area contributed by atoms with Gasteiger partial charge < -0.3 is 46.2 Å². The number of primary amides is 1. The Labute approximate surface area is 483 Å². The van der Waals surface area contributed by atoms with Gasteiger partial charge in [-0.15, -0.1) is 0 Å². The number of aromatic nitrogens is 4. The molecule has 0 saturated heterocycles. The minimum absolute atomic E-state index is 0.000652. The maximum absolute atomic E-state index is 16.1. The molecule has 0 aliphatic carbocycles. The van der Waals surface area contributed by atoms with Gasteiger partial charge in [-0.05, 0) is 173 Å². The topological polar surface area (TPSA) is 266 Å². The molecule has 0 saturated carbocycles. The largest absolute Gasteiger partial charge is 0.508 e. The van der Waals surface area contributed by atoms with Crippen molar-refractivity contribution in [2.75, 3.05) is 0 Å². The quantitative estimate of drug-likeness (QED) is 0.0374. The molecule has 4 atom stereocenters. The number of hydrogen-bond donors (Lipinski definition) is 7. The monoisotopic (exact) mass is 1120 g/mol. The number of rotatable bonds is 19. The standard InChI is InChI=1S/C65H72N10O8/c1-38-26-50(76)27-39(2)52(38)32-54(66)62(80)73(42(5)59-68-34-55(70-59)46-20-12-10-13-21-46)36-45-19-17-25-49(31-45)61(79)72-75(64(82)83-65(7,8)9)57(33-53-40(3)28-51(77)29-41(53)4)63(81)74(37-44-18-16-24-48(30-44)58(67)78)43(6)60-69-35-56(71-60)47-22-14-11-15-23-47/h10-31,34-35,42-43,54,57,76-77H,32-33,36-37,66H2,1-9H3,(H2,67,78)(H,68,70)(H,69,71)(H,72,79). The zero-order chi connectivity index (χ0) is 59.9. The van der Waals surface area contributed by atoms with Gasteiger partial charge in [-0.25, -0.2) is 19.8 Å². The molecule has 2 heterocycles. The number of phenols is 2. The molecule has 0 spiro atoms. The fraction of sp³-hybridized carbons (Fsp3) is 0.277. The normalized spacial score (nSPS) is 12.8. The van der Waals surface area contributed by atoms with E-state index in [1.807, 2.05) is 81.4 Å². The summed E-state index contributed by atoms with van der Waals surface area (Å²) in [5.74, 6) is -1.50. The van der Waals surface area contributed by atoms with Crippen molar-refractivity contribution in [3.05, 3.63) is 213 Å². The van der Waals surface area contributed by atoms with E-state index in [0.717, 1.165) is 38.5 Å². The summed E-state index contributed by atoms with van der Waals surface area (Å²) in [4.78, 5) is 92.8. The van der Waals surface area contributed by atoms with Gasteiger partial charge >= 0.3 is 6.09 Å². The van der Waals surface area contributed by atoms with Crippen LogP contribution in [0.3, 0.4) is 0 Å². The van der Waals surface area contributed by atoms with Crippen molar-refractivity contribution in [3.63, 3.8) is 0 Å². The van der Waals surface area contributed by atoms with Crippen molar-refractivity contribution >= 4 is 29.7 Å². The van der Waals surface area contributed by atoms with Crippen LogP contribution in [0.25, 0.3) is 22.5 Å². The summed E-state index contributed by atoms with van der Waals surface area (Å²) in [6.45, 7) is 15.7. The Balaban J connectivity index is 1.19. The zero-order valence-electron chi connectivity index (χ0n) is 48.2. The molecule has 0 aliphatic heterocycles. The number of H-pyrrole nitrogens is 2. The zero-order valence-corrected chi connectivity index (χ0v) is 48.2. The molecule has 83 heavy (non-hydrogen) atoms. The molecule has 430 valence electrons. The highest BCUT2D eigenvalue weighted by Gasteiger charge is 2.40. The van der Waals surface area contributed by atoms with Crippen LogP contribution < -0.4 is 16.9 Å². The second kappa shape index (κ2) is 25.5. The fourth-order valence-electron chi connectivity index (χ4n) is 10.3. The second-order valence-electron chi connectivity index (χ2n) is 22.1. The van der Waals surface area contributed by atoms with E-state index in [0.29, 0.717) is 45.2 Å². The van der Waals surface area contributed by atoms with E-state index in [2.05, 4.69) is 15.4 Å². The minimum atomic E-state index is -1.53. The average molecular weight is 1120 g/mol. The SMILES string of the molecule is Cc1cc(O)cc(C)c1CC(N)C(=O)N(Cc1cccc(C(=O)NN(C(=O)OC(C)(C)C)C(Cc2c(C)cc(O)cc2C)C(=O)N(Cc2cccc(C(N)=O)c2)C(C)c2ncc(-c3ccccc3)[nH]2)c1)C(C)c1ncc(-c2ccccc2)[nH]1. The van der Waals surface area contributed by atoms with E-state index in [1.54, 1.807) is 132 Å². The van der Waals surface area contributed by atoms with Gasteiger partial charge in [0.05, 0.1) is 41.9 Å². The number of imidazole rings is 2. The number of carbonyl (C=O) groups is 5. The van der Waals surface area contributed by atoms with Crippen LogP contribution in [0.1, 0.15) is 124 Å². The lowest BCUT2D eigenvalue weighted by molar-refractivity contribution is -0.141. The summed E-state index contributed by atoms with van der Waals surface area (Å²) in [5.41, 5.74) is 23.0. The molecule has 18 heteroatoms. The first-order valence-electron chi connectivity index (χ1n) is 27.4. The molecule has 5 amide bonds. The van der Waals surface area contributed by atoms with Crippen molar-refractivity contribution in [2.45, 2.75) is 118 Å². The van der Waals surface area contributed by atoms with Crippen LogP contribution in [0, 0.1) is 27.7 Å². The van der Waals surface area contributed by atoms with E-state index in [-0.39, 0.29) is 48.6 Å². The molecule has 9 N–H and O–H groups in total. The Morgan fingerprint density at radius 2 is 1.04 bits per heavy atom. The predicted molar refractivity (Wildman–Crippen MR) is 317 cm³/mol. The van der Waals surface area contributed by atoms with Gasteiger partial charge in [0, 0.05) is 30.6 Å².